The second-order valence-corrected chi connectivity index (χ2v) is 9.70. The zero-order chi connectivity index (χ0) is 26.2. The van der Waals surface area contributed by atoms with Gasteiger partial charge in [-0.15, -0.1) is 0 Å². The van der Waals surface area contributed by atoms with Gasteiger partial charge in [-0.2, -0.15) is 13.2 Å². The Morgan fingerprint density at radius 3 is 1.92 bits per heavy atom. The van der Waals surface area contributed by atoms with Gasteiger partial charge in [0.2, 0.25) is 0 Å². The Balaban J connectivity index is 1.33. The van der Waals surface area contributed by atoms with E-state index in [1.54, 1.807) is 0 Å². The first-order valence-corrected chi connectivity index (χ1v) is 11.9. The van der Waals surface area contributed by atoms with E-state index in [9.17, 15) is 35.1 Å². The van der Waals surface area contributed by atoms with Crippen LogP contribution in [0.3, 0.4) is 0 Å². The van der Waals surface area contributed by atoms with E-state index in [1.165, 1.54) is 12.1 Å². The molecule has 2 atom stereocenters. The van der Waals surface area contributed by atoms with E-state index in [0.29, 0.717) is 44.1 Å². The molecule has 1 nitrogen and oxygen atoms in total. The Hall–Kier alpha value is -2.42. The SMILES string of the molecule is C/C(F)=C(\F)c1ccc(C2CCC(C3CCC(c4cc(F)c(C(F)(F)F)c(F)c4)CC3)OC2)c(F)c1. The molecule has 1 aliphatic heterocycles. The lowest BCUT2D eigenvalue weighted by Gasteiger charge is -2.38. The summed E-state index contributed by atoms with van der Waals surface area (Å²) in [5, 5.41) is 0. The van der Waals surface area contributed by atoms with Crippen LogP contribution < -0.4 is 0 Å². The topological polar surface area (TPSA) is 9.23 Å². The van der Waals surface area contributed by atoms with Crippen LogP contribution in [0.2, 0.25) is 0 Å². The first-order chi connectivity index (χ1) is 17.0. The Labute approximate surface area is 204 Å². The van der Waals surface area contributed by atoms with Gasteiger partial charge in [-0.05, 0) is 86.6 Å². The van der Waals surface area contributed by atoms with Crippen molar-refractivity contribution >= 4 is 5.83 Å². The number of benzene rings is 2. The highest BCUT2D eigenvalue weighted by molar-refractivity contribution is 5.61. The second-order valence-electron chi connectivity index (χ2n) is 9.70. The van der Waals surface area contributed by atoms with Crippen molar-refractivity contribution in [3.8, 4) is 0 Å². The minimum Gasteiger partial charge on any atom is -0.377 e. The minimum absolute atomic E-state index is 0.0693. The smallest absolute Gasteiger partial charge is 0.377 e. The molecule has 0 amide bonds. The van der Waals surface area contributed by atoms with E-state index < -0.39 is 40.8 Å². The van der Waals surface area contributed by atoms with Crippen LogP contribution in [-0.4, -0.2) is 12.7 Å². The van der Waals surface area contributed by atoms with Crippen LogP contribution in [-0.2, 0) is 10.9 Å². The Morgan fingerprint density at radius 1 is 0.806 bits per heavy atom. The molecule has 0 aromatic heterocycles. The predicted molar refractivity (Wildman–Crippen MR) is 119 cm³/mol. The van der Waals surface area contributed by atoms with Crippen LogP contribution in [0.1, 0.15) is 79.5 Å². The lowest BCUT2D eigenvalue weighted by molar-refractivity contribution is -0.142. The van der Waals surface area contributed by atoms with Crippen molar-refractivity contribution in [1.29, 1.82) is 0 Å². The number of hydrogen-bond donors (Lipinski definition) is 0. The third kappa shape index (κ3) is 5.61. The monoisotopic (exact) mass is 518 g/mol. The van der Waals surface area contributed by atoms with Gasteiger partial charge in [-0.1, -0.05) is 12.1 Å². The standard InChI is InChI=1S/C27H26F8O/c1-14(28)26(32)17-6-8-20(21(29)10-17)18-7-9-24(36-13-18)16-4-2-15(3-5-16)19-11-22(30)25(23(31)12-19)27(33,34)35/h6,8,10-12,15-16,18,24H,2-5,7,9,13H2,1H3/b26-14+. The highest BCUT2D eigenvalue weighted by Gasteiger charge is 2.39. The van der Waals surface area contributed by atoms with Crippen molar-refractivity contribution < 1.29 is 39.9 Å². The summed E-state index contributed by atoms with van der Waals surface area (Å²) < 4.78 is 114. The van der Waals surface area contributed by atoms with Crippen LogP contribution >= 0.6 is 0 Å². The molecular weight excluding hydrogens is 492 g/mol. The van der Waals surface area contributed by atoms with Gasteiger partial charge < -0.3 is 4.74 Å². The average molecular weight is 518 g/mol. The molecule has 196 valence electrons. The maximum absolute atomic E-state index is 14.6. The van der Waals surface area contributed by atoms with E-state index in [-0.39, 0.29) is 41.6 Å². The molecule has 0 N–H and O–H groups in total. The molecule has 2 aliphatic rings. The third-order valence-electron chi connectivity index (χ3n) is 7.42. The van der Waals surface area contributed by atoms with Crippen LogP contribution in [0.4, 0.5) is 35.1 Å². The zero-order valence-electron chi connectivity index (χ0n) is 19.6. The molecule has 1 aliphatic carbocycles. The van der Waals surface area contributed by atoms with Crippen molar-refractivity contribution in [3.63, 3.8) is 0 Å². The fourth-order valence-corrected chi connectivity index (χ4v) is 5.51. The quantitative estimate of drug-likeness (QED) is 0.367. The van der Waals surface area contributed by atoms with Crippen LogP contribution in [0.15, 0.2) is 36.2 Å². The summed E-state index contributed by atoms with van der Waals surface area (Å²) in [5.74, 6) is -6.20. The molecule has 0 spiro atoms. The van der Waals surface area contributed by atoms with Crippen molar-refractivity contribution in [3.05, 3.63) is 75.9 Å². The average Bonchev–Trinajstić information content (AvgIpc) is 2.82. The van der Waals surface area contributed by atoms with Crippen LogP contribution in [0.5, 0.6) is 0 Å². The lowest BCUT2D eigenvalue weighted by atomic mass is 9.74. The molecule has 9 heteroatoms. The van der Waals surface area contributed by atoms with E-state index in [2.05, 4.69) is 0 Å². The summed E-state index contributed by atoms with van der Waals surface area (Å²) >= 11 is 0. The summed E-state index contributed by atoms with van der Waals surface area (Å²) in [6, 6.07) is 5.35. The van der Waals surface area contributed by atoms with Gasteiger partial charge in [0.1, 0.15) is 28.8 Å². The van der Waals surface area contributed by atoms with Gasteiger partial charge in [-0.25, -0.2) is 22.0 Å². The predicted octanol–water partition coefficient (Wildman–Crippen LogP) is 8.99. The summed E-state index contributed by atoms with van der Waals surface area (Å²) in [7, 11) is 0. The fraction of sp³-hybridized carbons (Fsp3) is 0.481. The van der Waals surface area contributed by atoms with Crippen LogP contribution in [0, 0.1) is 23.4 Å². The first-order valence-electron chi connectivity index (χ1n) is 11.9. The molecule has 2 fully saturated rings. The molecule has 4 rings (SSSR count). The van der Waals surface area contributed by atoms with Crippen molar-refractivity contribution in [2.24, 2.45) is 5.92 Å². The van der Waals surface area contributed by atoms with E-state index in [4.69, 9.17) is 4.74 Å². The highest BCUT2D eigenvalue weighted by Crippen LogP contribution is 2.43. The lowest BCUT2D eigenvalue weighted by Crippen LogP contribution is -2.33. The number of rotatable bonds is 4. The maximum atomic E-state index is 14.6. The zero-order valence-corrected chi connectivity index (χ0v) is 19.6. The van der Waals surface area contributed by atoms with Gasteiger partial charge in [0, 0.05) is 11.5 Å². The summed E-state index contributed by atoms with van der Waals surface area (Å²) in [6.45, 7) is 1.24. The molecule has 36 heavy (non-hydrogen) atoms. The summed E-state index contributed by atoms with van der Waals surface area (Å²) in [6.07, 6.45) is -1.31. The van der Waals surface area contributed by atoms with E-state index in [0.717, 1.165) is 25.1 Å². The van der Waals surface area contributed by atoms with Gasteiger partial charge in [-0.3, -0.25) is 0 Å². The first kappa shape index (κ1) is 26.6. The third-order valence-corrected chi connectivity index (χ3v) is 7.42. The fourth-order valence-electron chi connectivity index (χ4n) is 5.51. The van der Waals surface area contributed by atoms with Gasteiger partial charge in [0.25, 0.3) is 0 Å². The summed E-state index contributed by atoms with van der Waals surface area (Å²) in [5.41, 5.74) is -1.41. The number of hydrogen-bond acceptors (Lipinski definition) is 1. The molecular formula is C27H26F8O. The van der Waals surface area contributed by atoms with Gasteiger partial charge in [0.15, 0.2) is 5.83 Å². The molecule has 0 bridgehead atoms. The number of alkyl halides is 3. The Kier molecular flexibility index (Phi) is 7.78. The summed E-state index contributed by atoms with van der Waals surface area (Å²) in [4.78, 5) is 0. The van der Waals surface area contributed by atoms with Gasteiger partial charge >= 0.3 is 6.18 Å². The number of halogens is 8. The van der Waals surface area contributed by atoms with Crippen molar-refractivity contribution in [2.45, 2.75) is 69.6 Å². The normalized spacial score (nSPS) is 26.0. The van der Waals surface area contributed by atoms with E-state index in [1.807, 2.05) is 0 Å². The highest BCUT2D eigenvalue weighted by atomic mass is 19.4. The van der Waals surface area contributed by atoms with Gasteiger partial charge in [0.05, 0.1) is 12.7 Å². The van der Waals surface area contributed by atoms with Crippen molar-refractivity contribution in [1.82, 2.24) is 0 Å². The molecule has 2 unspecified atom stereocenters. The largest absolute Gasteiger partial charge is 0.422 e. The molecule has 1 saturated carbocycles. The second kappa shape index (κ2) is 10.5. The molecule has 2 aromatic carbocycles. The van der Waals surface area contributed by atoms with Crippen molar-refractivity contribution in [2.75, 3.05) is 6.61 Å². The minimum atomic E-state index is -5.09. The molecule has 1 saturated heterocycles. The molecule has 2 aromatic rings. The molecule has 0 radical (unpaired) electrons. The Morgan fingerprint density at radius 2 is 1.42 bits per heavy atom. The molecule has 1 heterocycles. The van der Waals surface area contributed by atoms with E-state index >= 15 is 0 Å². The van der Waals surface area contributed by atoms with Crippen LogP contribution in [0.25, 0.3) is 5.83 Å². The maximum Gasteiger partial charge on any atom is 0.422 e. The number of ether oxygens (including phenoxy) is 1. The Bertz CT molecular complexity index is 1100. The number of allylic oxidation sites excluding steroid dienone is 1.